The van der Waals surface area contributed by atoms with E-state index in [4.69, 9.17) is 9.26 Å². The predicted molar refractivity (Wildman–Crippen MR) is 98.5 cm³/mol. The minimum atomic E-state index is -0.620. The second-order valence-corrected chi connectivity index (χ2v) is 7.40. The number of ether oxygens (including phenoxy) is 1. The van der Waals surface area contributed by atoms with Crippen LogP contribution in [0.3, 0.4) is 0 Å². The molecule has 1 saturated carbocycles. The third-order valence-corrected chi connectivity index (χ3v) is 5.62. The van der Waals surface area contributed by atoms with Crippen LogP contribution >= 0.6 is 11.8 Å². The number of halogens is 2. The van der Waals surface area contributed by atoms with Crippen molar-refractivity contribution in [1.29, 1.82) is 0 Å². The van der Waals surface area contributed by atoms with Gasteiger partial charge in [-0.15, -0.1) is 11.8 Å². The van der Waals surface area contributed by atoms with Gasteiger partial charge in [0.1, 0.15) is 23.5 Å². The van der Waals surface area contributed by atoms with Gasteiger partial charge in [0.2, 0.25) is 5.88 Å². The second kappa shape index (κ2) is 8.08. The van der Waals surface area contributed by atoms with Crippen LogP contribution in [0.1, 0.15) is 31.4 Å². The fourth-order valence-corrected chi connectivity index (χ4v) is 4.01. The number of thioether (sulfide) groups is 1. The van der Waals surface area contributed by atoms with Crippen molar-refractivity contribution in [2.24, 2.45) is 0 Å². The minimum absolute atomic E-state index is 0.0442. The Morgan fingerprint density at radius 1 is 1.11 bits per heavy atom. The Kier molecular flexibility index (Phi) is 5.38. The highest BCUT2D eigenvalue weighted by molar-refractivity contribution is 7.98. The van der Waals surface area contributed by atoms with Crippen LogP contribution in [0.15, 0.2) is 52.1 Å². The molecule has 0 unspecified atom stereocenters. The summed E-state index contributed by atoms with van der Waals surface area (Å²) in [5, 5.41) is 3.59. The molecule has 1 aliphatic rings. The Morgan fingerprint density at radius 3 is 2.59 bits per heavy atom. The van der Waals surface area contributed by atoms with Gasteiger partial charge in [-0.3, -0.25) is 0 Å². The van der Waals surface area contributed by atoms with Gasteiger partial charge in [0.15, 0.2) is 0 Å². The van der Waals surface area contributed by atoms with Crippen molar-refractivity contribution >= 4 is 11.8 Å². The largest absolute Gasteiger partial charge is 0.474 e. The molecule has 0 amide bonds. The first kappa shape index (κ1) is 18.0. The van der Waals surface area contributed by atoms with Crippen LogP contribution in [0.5, 0.6) is 5.88 Å². The first-order valence-corrected chi connectivity index (χ1v) is 9.82. The summed E-state index contributed by atoms with van der Waals surface area (Å²) in [6, 6.07) is 7.82. The molecule has 2 aromatic heterocycles. The molecular formula is C20H18F2N2O2S. The van der Waals surface area contributed by atoms with Gasteiger partial charge >= 0.3 is 0 Å². The van der Waals surface area contributed by atoms with E-state index in [1.54, 1.807) is 24.4 Å². The predicted octanol–water partition coefficient (Wildman–Crippen LogP) is 5.63. The van der Waals surface area contributed by atoms with E-state index >= 15 is 0 Å². The van der Waals surface area contributed by atoms with Gasteiger partial charge < -0.3 is 9.26 Å². The first-order chi connectivity index (χ1) is 13.2. The van der Waals surface area contributed by atoms with Crippen LogP contribution in [-0.4, -0.2) is 16.2 Å². The van der Waals surface area contributed by atoms with Crippen molar-refractivity contribution in [1.82, 2.24) is 10.1 Å². The molecule has 0 spiro atoms. The molecule has 0 aliphatic heterocycles. The van der Waals surface area contributed by atoms with E-state index in [1.807, 2.05) is 0 Å². The monoisotopic (exact) mass is 388 g/mol. The average molecular weight is 388 g/mol. The molecule has 0 atom stereocenters. The molecule has 1 aromatic carbocycles. The maximum absolute atomic E-state index is 14.6. The smallest absolute Gasteiger partial charge is 0.221 e. The van der Waals surface area contributed by atoms with Crippen molar-refractivity contribution in [2.45, 2.75) is 42.4 Å². The van der Waals surface area contributed by atoms with E-state index in [9.17, 15) is 8.78 Å². The van der Waals surface area contributed by atoms with E-state index in [-0.39, 0.29) is 11.0 Å². The Morgan fingerprint density at radius 2 is 1.89 bits per heavy atom. The van der Waals surface area contributed by atoms with E-state index in [0.29, 0.717) is 28.5 Å². The van der Waals surface area contributed by atoms with Gasteiger partial charge in [0, 0.05) is 17.8 Å². The zero-order valence-corrected chi connectivity index (χ0v) is 15.3. The maximum atomic E-state index is 14.6. The fourth-order valence-electron chi connectivity index (χ4n) is 3.18. The number of hydrogen-bond donors (Lipinski definition) is 0. The van der Waals surface area contributed by atoms with Crippen LogP contribution in [0.4, 0.5) is 8.78 Å². The standard InChI is InChI=1S/C20H18F2N2O2S/c21-17-10-13(11-18(22)19(17)27-12-15-7-9-24-26-15)16-6-3-8-23-20(16)25-14-4-1-2-5-14/h3,6-11,14H,1-2,4-5,12H2. The summed E-state index contributed by atoms with van der Waals surface area (Å²) in [6.07, 6.45) is 7.47. The van der Waals surface area contributed by atoms with Crippen LogP contribution in [0.25, 0.3) is 11.1 Å². The SMILES string of the molecule is Fc1cc(-c2cccnc2OC2CCCC2)cc(F)c1SCc1ccno1. The Labute approximate surface area is 159 Å². The fraction of sp³-hybridized carbons (Fsp3) is 0.300. The molecule has 27 heavy (non-hydrogen) atoms. The summed E-state index contributed by atoms with van der Waals surface area (Å²) in [5.74, 6) is 0.0406. The zero-order valence-electron chi connectivity index (χ0n) is 14.5. The summed E-state index contributed by atoms with van der Waals surface area (Å²) in [4.78, 5) is 4.23. The molecule has 0 radical (unpaired) electrons. The first-order valence-electron chi connectivity index (χ1n) is 8.84. The number of pyridine rings is 1. The van der Waals surface area contributed by atoms with Crippen LogP contribution in [-0.2, 0) is 5.75 Å². The lowest BCUT2D eigenvalue weighted by molar-refractivity contribution is 0.202. The molecule has 140 valence electrons. The molecule has 0 saturated heterocycles. The highest BCUT2D eigenvalue weighted by Crippen LogP contribution is 2.36. The van der Waals surface area contributed by atoms with Crippen molar-refractivity contribution in [3.8, 4) is 17.0 Å². The van der Waals surface area contributed by atoms with Gasteiger partial charge in [0.05, 0.1) is 16.8 Å². The summed E-state index contributed by atoms with van der Waals surface area (Å²) < 4.78 is 40.1. The average Bonchev–Trinajstić information content (AvgIpc) is 3.35. The lowest BCUT2D eigenvalue weighted by Crippen LogP contribution is -2.12. The van der Waals surface area contributed by atoms with Crippen molar-refractivity contribution in [3.63, 3.8) is 0 Å². The molecule has 3 aromatic rings. The van der Waals surface area contributed by atoms with Crippen LogP contribution in [0, 0.1) is 11.6 Å². The third kappa shape index (κ3) is 4.13. The Hall–Kier alpha value is -2.41. The minimum Gasteiger partial charge on any atom is -0.474 e. The molecule has 1 aliphatic carbocycles. The molecular weight excluding hydrogens is 370 g/mol. The van der Waals surface area contributed by atoms with Gasteiger partial charge in [-0.25, -0.2) is 13.8 Å². The molecule has 7 heteroatoms. The van der Waals surface area contributed by atoms with Crippen molar-refractivity contribution < 1.29 is 18.0 Å². The number of nitrogens with zero attached hydrogens (tertiary/aromatic N) is 2. The van der Waals surface area contributed by atoms with E-state index < -0.39 is 11.6 Å². The van der Waals surface area contributed by atoms with E-state index in [2.05, 4.69) is 10.1 Å². The van der Waals surface area contributed by atoms with Gasteiger partial charge in [-0.1, -0.05) is 5.16 Å². The van der Waals surface area contributed by atoms with Crippen LogP contribution in [0.2, 0.25) is 0 Å². The van der Waals surface area contributed by atoms with Crippen molar-refractivity contribution in [3.05, 3.63) is 60.1 Å². The summed E-state index contributed by atoms with van der Waals surface area (Å²) in [5.41, 5.74) is 1.00. The molecule has 2 heterocycles. The number of aromatic nitrogens is 2. The normalized spacial score (nSPS) is 14.6. The summed E-state index contributed by atoms with van der Waals surface area (Å²) in [7, 11) is 0. The molecule has 1 fully saturated rings. The van der Waals surface area contributed by atoms with Gasteiger partial charge in [-0.05, 0) is 55.5 Å². The Bertz CT molecular complexity index is 889. The summed E-state index contributed by atoms with van der Waals surface area (Å²) >= 11 is 1.04. The highest BCUT2D eigenvalue weighted by Gasteiger charge is 2.20. The number of rotatable bonds is 6. The lowest BCUT2D eigenvalue weighted by Gasteiger charge is -2.16. The van der Waals surface area contributed by atoms with E-state index in [1.165, 1.54) is 18.3 Å². The quantitative estimate of drug-likeness (QED) is 0.512. The Balaban J connectivity index is 1.59. The topological polar surface area (TPSA) is 48.2 Å². The number of hydrogen-bond acceptors (Lipinski definition) is 5. The molecule has 0 bridgehead atoms. The second-order valence-electron chi connectivity index (χ2n) is 6.42. The molecule has 4 rings (SSSR count). The third-order valence-electron chi connectivity index (χ3n) is 4.51. The van der Waals surface area contributed by atoms with Crippen molar-refractivity contribution in [2.75, 3.05) is 0 Å². The molecule has 4 nitrogen and oxygen atoms in total. The molecule has 0 N–H and O–H groups in total. The van der Waals surface area contributed by atoms with Crippen LogP contribution < -0.4 is 4.74 Å². The summed E-state index contributed by atoms with van der Waals surface area (Å²) in [6.45, 7) is 0. The highest BCUT2D eigenvalue weighted by atomic mass is 32.2. The zero-order chi connectivity index (χ0) is 18.6. The lowest BCUT2D eigenvalue weighted by atomic mass is 10.1. The van der Waals surface area contributed by atoms with Gasteiger partial charge in [-0.2, -0.15) is 0 Å². The van der Waals surface area contributed by atoms with Gasteiger partial charge in [0.25, 0.3) is 0 Å². The van der Waals surface area contributed by atoms with E-state index in [0.717, 1.165) is 37.4 Å². The maximum Gasteiger partial charge on any atom is 0.221 e. The number of benzene rings is 1.